The van der Waals surface area contributed by atoms with E-state index in [2.05, 4.69) is 10.3 Å². The molecule has 2 unspecified atom stereocenters. The fourth-order valence-electron chi connectivity index (χ4n) is 2.38. The standard InChI is InChI=1S/C12H16N2O3S/c15-11(14-6-8-5-13-7-18-8)9-3-1-2-4-10(9)12(16)17/h5,7,9-10H,1-4,6H2,(H,14,15)(H,16,17). The van der Waals surface area contributed by atoms with E-state index in [0.717, 1.165) is 17.7 Å². The predicted molar refractivity (Wildman–Crippen MR) is 67.0 cm³/mol. The number of rotatable bonds is 4. The fourth-order valence-corrected chi connectivity index (χ4v) is 2.91. The van der Waals surface area contributed by atoms with Crippen molar-refractivity contribution in [1.29, 1.82) is 0 Å². The third-order valence-electron chi connectivity index (χ3n) is 3.34. The highest BCUT2D eigenvalue weighted by molar-refractivity contribution is 7.09. The molecule has 6 heteroatoms. The molecule has 18 heavy (non-hydrogen) atoms. The Morgan fingerprint density at radius 3 is 2.72 bits per heavy atom. The topological polar surface area (TPSA) is 79.3 Å². The molecular formula is C12H16N2O3S. The van der Waals surface area contributed by atoms with Crippen LogP contribution in [0.3, 0.4) is 0 Å². The lowest BCUT2D eigenvalue weighted by atomic mass is 9.79. The number of aromatic nitrogens is 1. The molecule has 0 aliphatic heterocycles. The highest BCUT2D eigenvalue weighted by Gasteiger charge is 2.35. The summed E-state index contributed by atoms with van der Waals surface area (Å²) in [5.74, 6) is -1.91. The van der Waals surface area contributed by atoms with Gasteiger partial charge in [0, 0.05) is 11.1 Å². The number of carbonyl (C=O) groups excluding carboxylic acids is 1. The highest BCUT2D eigenvalue weighted by Crippen LogP contribution is 2.30. The maximum absolute atomic E-state index is 12.0. The zero-order valence-electron chi connectivity index (χ0n) is 9.96. The number of carboxylic acids is 1. The van der Waals surface area contributed by atoms with Gasteiger partial charge in [0.2, 0.25) is 5.91 Å². The number of aliphatic carboxylic acids is 1. The van der Waals surface area contributed by atoms with Gasteiger partial charge in [-0.15, -0.1) is 11.3 Å². The van der Waals surface area contributed by atoms with Crippen LogP contribution >= 0.6 is 11.3 Å². The van der Waals surface area contributed by atoms with Crippen LogP contribution in [0.2, 0.25) is 0 Å². The second-order valence-electron chi connectivity index (χ2n) is 4.52. The maximum atomic E-state index is 12.0. The summed E-state index contributed by atoms with van der Waals surface area (Å²) in [5, 5.41) is 11.9. The molecule has 98 valence electrons. The van der Waals surface area contributed by atoms with Crippen LogP contribution in [0.4, 0.5) is 0 Å². The van der Waals surface area contributed by atoms with Gasteiger partial charge in [0.05, 0.1) is 23.9 Å². The molecule has 2 N–H and O–H groups in total. The minimum absolute atomic E-state index is 0.143. The molecule has 1 saturated carbocycles. The van der Waals surface area contributed by atoms with Gasteiger partial charge in [0.15, 0.2) is 0 Å². The number of amides is 1. The predicted octanol–water partition coefficient (Wildman–Crippen LogP) is 1.65. The Balaban J connectivity index is 1.92. The summed E-state index contributed by atoms with van der Waals surface area (Å²) in [6, 6.07) is 0. The molecule has 0 aromatic carbocycles. The van der Waals surface area contributed by atoms with E-state index in [1.807, 2.05) is 0 Å². The molecule has 1 aliphatic rings. The summed E-state index contributed by atoms with van der Waals surface area (Å²) in [6.07, 6.45) is 4.82. The number of carboxylic acid groups (broad SMARTS) is 1. The molecule has 1 aromatic heterocycles. The number of thiazole rings is 1. The molecule has 2 rings (SSSR count). The Labute approximate surface area is 109 Å². The first kappa shape index (κ1) is 13.0. The maximum Gasteiger partial charge on any atom is 0.307 e. The van der Waals surface area contributed by atoms with Gasteiger partial charge in [-0.3, -0.25) is 14.6 Å². The fraction of sp³-hybridized carbons (Fsp3) is 0.583. The van der Waals surface area contributed by atoms with Gasteiger partial charge in [-0.1, -0.05) is 12.8 Å². The van der Waals surface area contributed by atoms with E-state index in [9.17, 15) is 9.59 Å². The van der Waals surface area contributed by atoms with Crippen LogP contribution in [0.15, 0.2) is 11.7 Å². The van der Waals surface area contributed by atoms with E-state index in [4.69, 9.17) is 5.11 Å². The van der Waals surface area contributed by atoms with Crippen molar-refractivity contribution in [3.05, 3.63) is 16.6 Å². The van der Waals surface area contributed by atoms with Crippen LogP contribution in [0.5, 0.6) is 0 Å². The summed E-state index contributed by atoms with van der Waals surface area (Å²) in [7, 11) is 0. The average molecular weight is 268 g/mol. The number of nitrogens with one attached hydrogen (secondary N) is 1. The van der Waals surface area contributed by atoms with E-state index >= 15 is 0 Å². The van der Waals surface area contributed by atoms with Crippen LogP contribution in [0.25, 0.3) is 0 Å². The first-order valence-electron chi connectivity index (χ1n) is 6.06. The van der Waals surface area contributed by atoms with Gasteiger partial charge >= 0.3 is 5.97 Å². The molecule has 5 nitrogen and oxygen atoms in total. The number of hydrogen-bond acceptors (Lipinski definition) is 4. The quantitative estimate of drug-likeness (QED) is 0.870. The molecule has 0 bridgehead atoms. The highest BCUT2D eigenvalue weighted by atomic mass is 32.1. The third-order valence-corrected chi connectivity index (χ3v) is 4.12. The van der Waals surface area contributed by atoms with Crippen LogP contribution in [-0.2, 0) is 16.1 Å². The Morgan fingerprint density at radius 2 is 2.11 bits per heavy atom. The molecule has 1 fully saturated rings. The van der Waals surface area contributed by atoms with Crippen molar-refractivity contribution in [1.82, 2.24) is 10.3 Å². The average Bonchev–Trinajstić information content (AvgIpc) is 2.89. The van der Waals surface area contributed by atoms with Crippen molar-refractivity contribution in [2.75, 3.05) is 0 Å². The monoisotopic (exact) mass is 268 g/mol. The third kappa shape index (κ3) is 3.07. The van der Waals surface area contributed by atoms with Gasteiger partial charge in [-0.25, -0.2) is 0 Å². The Morgan fingerprint density at radius 1 is 1.39 bits per heavy atom. The lowest BCUT2D eigenvalue weighted by molar-refractivity contribution is -0.148. The van der Waals surface area contributed by atoms with E-state index in [1.54, 1.807) is 11.7 Å². The van der Waals surface area contributed by atoms with Crippen LogP contribution in [0, 0.1) is 11.8 Å². The molecule has 1 amide bonds. The largest absolute Gasteiger partial charge is 0.481 e. The Bertz CT molecular complexity index is 419. The molecule has 1 aliphatic carbocycles. The SMILES string of the molecule is O=C(O)C1CCCCC1C(=O)NCc1cncs1. The van der Waals surface area contributed by atoms with Gasteiger partial charge < -0.3 is 10.4 Å². The molecule has 2 atom stereocenters. The first-order valence-corrected chi connectivity index (χ1v) is 6.94. The van der Waals surface area contributed by atoms with Crippen LogP contribution < -0.4 is 5.32 Å². The van der Waals surface area contributed by atoms with E-state index in [-0.39, 0.29) is 11.8 Å². The van der Waals surface area contributed by atoms with Gasteiger partial charge in [0.25, 0.3) is 0 Å². The summed E-state index contributed by atoms with van der Waals surface area (Å²) in [4.78, 5) is 28.0. The Kier molecular flexibility index (Phi) is 4.30. The molecule has 0 radical (unpaired) electrons. The molecule has 0 saturated heterocycles. The molecule has 1 heterocycles. The van der Waals surface area contributed by atoms with Crippen molar-refractivity contribution >= 4 is 23.2 Å². The molecule has 0 spiro atoms. The van der Waals surface area contributed by atoms with E-state index in [1.165, 1.54) is 11.3 Å². The lowest BCUT2D eigenvalue weighted by Crippen LogP contribution is -2.39. The number of nitrogens with zero attached hydrogens (tertiary/aromatic N) is 1. The summed E-state index contributed by atoms with van der Waals surface area (Å²) >= 11 is 1.48. The second kappa shape index (κ2) is 5.95. The zero-order valence-corrected chi connectivity index (χ0v) is 10.8. The van der Waals surface area contributed by atoms with E-state index in [0.29, 0.717) is 19.4 Å². The minimum Gasteiger partial charge on any atom is -0.481 e. The van der Waals surface area contributed by atoms with Crippen molar-refractivity contribution in [2.45, 2.75) is 32.2 Å². The van der Waals surface area contributed by atoms with Crippen molar-refractivity contribution in [3.8, 4) is 0 Å². The lowest BCUT2D eigenvalue weighted by Gasteiger charge is -2.27. The van der Waals surface area contributed by atoms with Gasteiger partial charge in [0.1, 0.15) is 0 Å². The Hall–Kier alpha value is -1.43. The van der Waals surface area contributed by atoms with Crippen molar-refractivity contribution in [3.63, 3.8) is 0 Å². The van der Waals surface area contributed by atoms with Gasteiger partial charge in [-0.2, -0.15) is 0 Å². The van der Waals surface area contributed by atoms with Crippen LogP contribution in [0.1, 0.15) is 30.6 Å². The summed E-state index contributed by atoms with van der Waals surface area (Å²) in [6.45, 7) is 0.437. The van der Waals surface area contributed by atoms with E-state index < -0.39 is 11.9 Å². The van der Waals surface area contributed by atoms with Crippen molar-refractivity contribution < 1.29 is 14.7 Å². The van der Waals surface area contributed by atoms with Crippen molar-refractivity contribution in [2.24, 2.45) is 11.8 Å². The molecule has 1 aromatic rings. The van der Waals surface area contributed by atoms with Gasteiger partial charge in [-0.05, 0) is 12.8 Å². The number of hydrogen-bond donors (Lipinski definition) is 2. The van der Waals surface area contributed by atoms with Crippen LogP contribution in [-0.4, -0.2) is 22.0 Å². The minimum atomic E-state index is -0.854. The first-order chi connectivity index (χ1) is 8.68. The smallest absolute Gasteiger partial charge is 0.307 e. The normalized spacial score (nSPS) is 23.6. The summed E-state index contributed by atoms with van der Waals surface area (Å²) < 4.78 is 0. The summed E-state index contributed by atoms with van der Waals surface area (Å²) in [5.41, 5.74) is 1.71. The zero-order chi connectivity index (χ0) is 13.0. The molecular weight excluding hydrogens is 252 g/mol. The second-order valence-corrected chi connectivity index (χ2v) is 5.49. The number of carbonyl (C=O) groups is 2.